The van der Waals surface area contributed by atoms with Gasteiger partial charge in [-0.05, 0) is 61.8 Å². The number of piperidine rings is 1. The van der Waals surface area contributed by atoms with E-state index in [0.717, 1.165) is 12.2 Å². The first-order chi connectivity index (χ1) is 13.6. The zero-order valence-corrected chi connectivity index (χ0v) is 15.6. The number of hydrogen-bond donors (Lipinski definition) is 3. The van der Waals surface area contributed by atoms with Crippen LogP contribution in [0, 0.1) is 0 Å². The third-order valence-electron chi connectivity index (χ3n) is 5.24. The quantitative estimate of drug-likeness (QED) is 0.691. The summed E-state index contributed by atoms with van der Waals surface area (Å²) in [7, 11) is 0. The highest BCUT2D eigenvalue weighted by atomic mass is 16.4. The number of benzene rings is 2. The molecule has 6 nitrogen and oxygen atoms in total. The Balaban J connectivity index is 1.46. The summed E-state index contributed by atoms with van der Waals surface area (Å²) in [4.78, 5) is 25.9. The van der Waals surface area contributed by atoms with Gasteiger partial charge in [0.25, 0.3) is 5.91 Å². The lowest BCUT2D eigenvalue weighted by Gasteiger charge is -2.26. The fourth-order valence-electron chi connectivity index (χ4n) is 3.70. The molecule has 6 heteroatoms. The highest BCUT2D eigenvalue weighted by Crippen LogP contribution is 2.32. The summed E-state index contributed by atoms with van der Waals surface area (Å²) < 4.78 is 0. The molecule has 0 spiro atoms. The van der Waals surface area contributed by atoms with Crippen LogP contribution in [0.3, 0.4) is 0 Å². The first kappa shape index (κ1) is 18.3. The van der Waals surface area contributed by atoms with Crippen molar-refractivity contribution >= 4 is 28.8 Å². The van der Waals surface area contributed by atoms with Gasteiger partial charge in [-0.15, -0.1) is 0 Å². The Morgan fingerprint density at radius 1 is 1.11 bits per heavy atom. The van der Waals surface area contributed by atoms with Crippen LogP contribution in [0.4, 0.5) is 11.4 Å². The van der Waals surface area contributed by atoms with Crippen molar-refractivity contribution in [3.8, 4) is 0 Å². The average molecular weight is 377 g/mol. The number of aromatic carboxylic acids is 1. The van der Waals surface area contributed by atoms with E-state index in [4.69, 9.17) is 0 Å². The van der Waals surface area contributed by atoms with Gasteiger partial charge < -0.3 is 15.7 Å². The molecule has 0 radical (unpaired) electrons. The number of nitrogens with one attached hydrogen (secondary N) is 2. The number of anilines is 2. The minimum Gasteiger partial charge on any atom is -0.478 e. The smallest absolute Gasteiger partial charge is 0.335 e. The highest BCUT2D eigenvalue weighted by Gasteiger charge is 2.25. The third kappa shape index (κ3) is 3.92. The van der Waals surface area contributed by atoms with E-state index in [1.807, 2.05) is 12.1 Å². The Morgan fingerprint density at radius 3 is 2.57 bits per heavy atom. The van der Waals surface area contributed by atoms with Crippen molar-refractivity contribution in [3.05, 3.63) is 65.4 Å². The maximum Gasteiger partial charge on any atom is 0.335 e. The van der Waals surface area contributed by atoms with Gasteiger partial charge in [-0.3, -0.25) is 9.69 Å². The van der Waals surface area contributed by atoms with Gasteiger partial charge >= 0.3 is 5.97 Å². The third-order valence-corrected chi connectivity index (χ3v) is 5.24. The fourth-order valence-corrected chi connectivity index (χ4v) is 3.70. The molecule has 4 rings (SSSR count). The van der Waals surface area contributed by atoms with Crippen LogP contribution in [0.15, 0.2) is 48.7 Å². The summed E-state index contributed by atoms with van der Waals surface area (Å²) in [6.45, 7) is 3.30. The fraction of sp³-hybridized carbons (Fsp3) is 0.273. The Bertz CT molecular complexity index is 929. The number of carboxylic acid groups (broad SMARTS) is 1. The lowest BCUT2D eigenvalue weighted by Crippen LogP contribution is -2.29. The monoisotopic (exact) mass is 377 g/mol. The molecule has 2 aromatic rings. The first-order valence-electron chi connectivity index (χ1n) is 9.57. The molecule has 0 bridgehead atoms. The molecule has 1 amide bonds. The average Bonchev–Trinajstić information content (AvgIpc) is 3.02. The molecule has 1 fully saturated rings. The van der Waals surface area contributed by atoms with E-state index >= 15 is 0 Å². The predicted octanol–water partition coefficient (Wildman–Crippen LogP) is 3.78. The van der Waals surface area contributed by atoms with Crippen molar-refractivity contribution in [1.82, 2.24) is 4.90 Å². The molecule has 144 valence electrons. The van der Waals surface area contributed by atoms with Crippen LogP contribution < -0.4 is 10.6 Å². The summed E-state index contributed by atoms with van der Waals surface area (Å²) in [5.41, 5.74) is 3.96. The van der Waals surface area contributed by atoms with Gasteiger partial charge in [0.2, 0.25) is 0 Å². The van der Waals surface area contributed by atoms with E-state index in [1.54, 1.807) is 12.3 Å². The SMILES string of the molecule is O=C1Nc2ccc(C(=O)O)cc2/C1=C/Nc1ccc(CN2CCCCC2)cc1. The number of carbonyl (C=O) groups is 2. The van der Waals surface area contributed by atoms with Crippen LogP contribution >= 0.6 is 0 Å². The molecule has 0 saturated carbocycles. The van der Waals surface area contributed by atoms with Crippen LogP contribution in [-0.4, -0.2) is 35.0 Å². The zero-order valence-electron chi connectivity index (χ0n) is 15.6. The van der Waals surface area contributed by atoms with E-state index in [-0.39, 0.29) is 11.5 Å². The minimum absolute atomic E-state index is 0.156. The van der Waals surface area contributed by atoms with E-state index in [9.17, 15) is 14.7 Å². The molecule has 3 N–H and O–H groups in total. The van der Waals surface area contributed by atoms with E-state index in [1.165, 1.54) is 50.0 Å². The summed E-state index contributed by atoms with van der Waals surface area (Å²) in [5, 5.41) is 15.1. The van der Waals surface area contributed by atoms with Crippen LogP contribution in [-0.2, 0) is 11.3 Å². The van der Waals surface area contributed by atoms with E-state index < -0.39 is 5.97 Å². The van der Waals surface area contributed by atoms with Crippen LogP contribution in [0.5, 0.6) is 0 Å². The number of carbonyl (C=O) groups excluding carboxylic acids is 1. The topological polar surface area (TPSA) is 81.7 Å². The second-order valence-electron chi connectivity index (χ2n) is 7.26. The normalized spacial score (nSPS) is 18.0. The van der Waals surface area contributed by atoms with Gasteiger partial charge in [0, 0.05) is 29.7 Å². The summed E-state index contributed by atoms with van der Waals surface area (Å²) in [5.74, 6) is -1.26. The molecule has 28 heavy (non-hydrogen) atoms. The lowest BCUT2D eigenvalue weighted by atomic mass is 10.0. The Labute approximate surface area is 163 Å². The van der Waals surface area contributed by atoms with Gasteiger partial charge in [-0.1, -0.05) is 18.6 Å². The van der Waals surface area contributed by atoms with Crippen molar-refractivity contribution in [2.24, 2.45) is 0 Å². The summed E-state index contributed by atoms with van der Waals surface area (Å²) in [6, 6.07) is 12.8. The van der Waals surface area contributed by atoms with Gasteiger partial charge in [-0.2, -0.15) is 0 Å². The van der Waals surface area contributed by atoms with Crippen molar-refractivity contribution in [1.29, 1.82) is 0 Å². The number of carboxylic acids is 1. The second kappa shape index (κ2) is 7.86. The molecule has 2 aliphatic heterocycles. The van der Waals surface area contributed by atoms with Gasteiger partial charge in [0.1, 0.15) is 0 Å². The Kier molecular flexibility index (Phi) is 5.12. The lowest BCUT2D eigenvalue weighted by molar-refractivity contribution is -0.110. The molecule has 2 aromatic carbocycles. The molecule has 2 aliphatic rings. The number of amides is 1. The van der Waals surface area contributed by atoms with Crippen molar-refractivity contribution < 1.29 is 14.7 Å². The minimum atomic E-state index is -1.02. The molecule has 0 atom stereocenters. The molecule has 0 aromatic heterocycles. The van der Waals surface area contributed by atoms with Gasteiger partial charge in [-0.25, -0.2) is 4.79 Å². The Morgan fingerprint density at radius 2 is 1.86 bits per heavy atom. The summed E-state index contributed by atoms with van der Waals surface area (Å²) >= 11 is 0. The molecular weight excluding hydrogens is 354 g/mol. The maximum absolute atomic E-state index is 12.2. The van der Waals surface area contributed by atoms with Crippen LogP contribution in [0.1, 0.15) is 40.7 Å². The van der Waals surface area contributed by atoms with Crippen molar-refractivity contribution in [2.45, 2.75) is 25.8 Å². The number of hydrogen-bond acceptors (Lipinski definition) is 4. The molecule has 1 saturated heterocycles. The molecule has 0 aliphatic carbocycles. The van der Waals surface area contributed by atoms with E-state index in [0.29, 0.717) is 16.8 Å². The number of rotatable bonds is 5. The van der Waals surface area contributed by atoms with Crippen molar-refractivity contribution in [2.75, 3.05) is 23.7 Å². The molecule has 2 heterocycles. The summed E-state index contributed by atoms with van der Waals surface area (Å²) in [6.07, 6.45) is 5.52. The van der Waals surface area contributed by atoms with Crippen LogP contribution in [0.25, 0.3) is 5.57 Å². The number of fused-ring (bicyclic) bond motifs is 1. The predicted molar refractivity (Wildman–Crippen MR) is 109 cm³/mol. The maximum atomic E-state index is 12.2. The second-order valence-corrected chi connectivity index (χ2v) is 7.26. The van der Waals surface area contributed by atoms with E-state index in [2.05, 4.69) is 27.7 Å². The van der Waals surface area contributed by atoms with Crippen LogP contribution in [0.2, 0.25) is 0 Å². The first-order valence-corrected chi connectivity index (χ1v) is 9.57. The number of likely N-dealkylation sites (tertiary alicyclic amines) is 1. The standard InChI is InChI=1S/C22H23N3O3/c26-21-19(18-12-16(22(27)28)6-9-20(18)24-21)13-23-17-7-4-15(5-8-17)14-25-10-2-1-3-11-25/h4-9,12-13,23H,1-3,10-11,14H2,(H,24,26)(H,27,28)/b19-13-. The van der Waals surface area contributed by atoms with Crippen molar-refractivity contribution in [3.63, 3.8) is 0 Å². The highest BCUT2D eigenvalue weighted by molar-refractivity contribution is 6.32. The largest absolute Gasteiger partial charge is 0.478 e. The van der Waals surface area contributed by atoms with Gasteiger partial charge in [0.15, 0.2) is 0 Å². The zero-order chi connectivity index (χ0) is 19.5. The Hall–Kier alpha value is -3.12. The molecular formula is C22H23N3O3. The number of nitrogens with zero attached hydrogens (tertiary/aromatic N) is 1. The molecule has 0 unspecified atom stereocenters. The van der Waals surface area contributed by atoms with Gasteiger partial charge in [0.05, 0.1) is 11.1 Å².